The molecule has 0 amide bonds. The van der Waals surface area contributed by atoms with Crippen LogP contribution in [-0.2, 0) is 20.0 Å². The fourth-order valence-corrected chi connectivity index (χ4v) is 4.41. The van der Waals surface area contributed by atoms with Crippen LogP contribution < -0.4 is 5.56 Å². The van der Waals surface area contributed by atoms with Gasteiger partial charge in [0.05, 0.1) is 34.4 Å². The molecule has 0 aliphatic heterocycles. The first kappa shape index (κ1) is 16.2. The third kappa shape index (κ3) is 2.56. The SMILES string of the molecule is Cn1c2nc(Cc3ccn[nH]3)sc2c2cnn(Cc3[nH]ncc3Cl)c(=O)c21. The maximum atomic E-state index is 13.0. The fraction of sp³-hybridized carbons (Fsp3) is 0.188. The Balaban J connectivity index is 1.61. The lowest BCUT2D eigenvalue weighted by Crippen LogP contribution is -2.24. The molecule has 11 heteroatoms. The Hall–Kier alpha value is -2.98. The summed E-state index contributed by atoms with van der Waals surface area (Å²) in [6.07, 6.45) is 5.60. The van der Waals surface area contributed by atoms with Crippen molar-refractivity contribution >= 4 is 44.2 Å². The molecule has 0 aromatic carbocycles. The average molecular weight is 401 g/mol. The van der Waals surface area contributed by atoms with Crippen molar-refractivity contribution < 1.29 is 0 Å². The van der Waals surface area contributed by atoms with Gasteiger partial charge in [-0.3, -0.25) is 15.0 Å². The number of fused-ring (bicyclic) bond motifs is 3. The third-order valence-corrected chi connectivity index (χ3v) is 5.85. The molecule has 0 aliphatic carbocycles. The molecule has 9 nitrogen and oxygen atoms in total. The van der Waals surface area contributed by atoms with E-state index < -0.39 is 0 Å². The lowest BCUT2D eigenvalue weighted by atomic mass is 10.3. The van der Waals surface area contributed by atoms with Crippen LogP contribution in [-0.4, -0.2) is 39.7 Å². The van der Waals surface area contributed by atoms with E-state index in [-0.39, 0.29) is 12.1 Å². The molecule has 0 unspecified atom stereocenters. The highest BCUT2D eigenvalue weighted by atomic mass is 35.5. The molecule has 2 N–H and O–H groups in total. The van der Waals surface area contributed by atoms with Gasteiger partial charge in [-0.2, -0.15) is 15.3 Å². The van der Waals surface area contributed by atoms with Gasteiger partial charge >= 0.3 is 0 Å². The number of halogens is 1. The van der Waals surface area contributed by atoms with Crippen LogP contribution in [0.5, 0.6) is 0 Å². The largest absolute Gasteiger partial charge is 0.323 e. The van der Waals surface area contributed by atoms with Gasteiger partial charge in [-0.15, -0.1) is 11.3 Å². The van der Waals surface area contributed by atoms with Crippen molar-refractivity contribution in [3.8, 4) is 0 Å². The van der Waals surface area contributed by atoms with Crippen LogP contribution >= 0.6 is 22.9 Å². The van der Waals surface area contributed by atoms with Crippen LogP contribution in [0.15, 0.2) is 29.5 Å². The first-order valence-corrected chi connectivity index (χ1v) is 9.31. The Labute approximate surface area is 160 Å². The Morgan fingerprint density at radius 2 is 2.15 bits per heavy atom. The van der Waals surface area contributed by atoms with Gasteiger partial charge in [0.1, 0.15) is 10.5 Å². The summed E-state index contributed by atoms with van der Waals surface area (Å²) in [5, 5.41) is 20.1. The van der Waals surface area contributed by atoms with Crippen LogP contribution in [0, 0.1) is 0 Å². The normalized spacial score (nSPS) is 11.8. The van der Waals surface area contributed by atoms with Crippen LogP contribution in [0.4, 0.5) is 0 Å². The van der Waals surface area contributed by atoms with Crippen molar-refractivity contribution in [3.63, 3.8) is 0 Å². The second kappa shape index (κ2) is 6.03. The lowest BCUT2D eigenvalue weighted by molar-refractivity contribution is 0.631. The number of rotatable bonds is 4. The minimum atomic E-state index is -0.194. The quantitative estimate of drug-likeness (QED) is 0.480. The van der Waals surface area contributed by atoms with E-state index in [2.05, 4.69) is 25.5 Å². The third-order valence-electron chi connectivity index (χ3n) is 4.44. The van der Waals surface area contributed by atoms with Crippen molar-refractivity contribution in [2.75, 3.05) is 0 Å². The summed E-state index contributed by atoms with van der Waals surface area (Å²) in [6.45, 7) is 0.227. The van der Waals surface area contributed by atoms with Crippen molar-refractivity contribution in [2.45, 2.75) is 13.0 Å². The average Bonchev–Trinajstić information content (AvgIpc) is 3.41. The molecular formula is C16H13ClN8OS. The van der Waals surface area contributed by atoms with E-state index in [1.54, 1.807) is 23.7 Å². The number of nitrogens with one attached hydrogen (secondary N) is 2. The number of hydrogen-bond donors (Lipinski definition) is 2. The molecule has 0 spiro atoms. The van der Waals surface area contributed by atoms with Crippen molar-refractivity contribution in [2.24, 2.45) is 7.05 Å². The van der Waals surface area contributed by atoms with E-state index in [9.17, 15) is 4.79 Å². The number of hydrogen-bond acceptors (Lipinski definition) is 6. The zero-order chi connectivity index (χ0) is 18.5. The summed E-state index contributed by atoms with van der Waals surface area (Å²) in [5.74, 6) is 0. The first-order chi connectivity index (χ1) is 13.1. The Bertz CT molecular complexity index is 1330. The Morgan fingerprint density at radius 3 is 2.89 bits per heavy atom. The van der Waals surface area contributed by atoms with Gasteiger partial charge in [-0.25, -0.2) is 9.67 Å². The second-order valence-corrected chi connectivity index (χ2v) is 7.63. The van der Waals surface area contributed by atoms with Gasteiger partial charge in [0.25, 0.3) is 5.56 Å². The molecule has 0 saturated heterocycles. The number of aryl methyl sites for hydroxylation is 1. The molecule has 0 saturated carbocycles. The molecule has 5 rings (SSSR count). The number of nitrogens with zero attached hydrogens (tertiary/aromatic N) is 6. The highest BCUT2D eigenvalue weighted by Crippen LogP contribution is 2.31. The molecule has 136 valence electrons. The zero-order valence-electron chi connectivity index (χ0n) is 14.1. The summed E-state index contributed by atoms with van der Waals surface area (Å²) in [5.41, 5.74) is 2.79. The topological polar surface area (TPSA) is 110 Å². The van der Waals surface area contributed by atoms with Gasteiger partial charge in [-0.1, -0.05) is 11.6 Å². The predicted octanol–water partition coefficient (Wildman–Crippen LogP) is 2.08. The van der Waals surface area contributed by atoms with Gasteiger partial charge in [-0.05, 0) is 6.07 Å². The van der Waals surface area contributed by atoms with Crippen LogP contribution in [0.25, 0.3) is 21.3 Å². The van der Waals surface area contributed by atoms with Crippen LogP contribution in [0.1, 0.15) is 16.4 Å². The van der Waals surface area contributed by atoms with Crippen molar-refractivity contribution in [1.82, 2.24) is 39.7 Å². The summed E-state index contributed by atoms with van der Waals surface area (Å²) in [4.78, 5) is 17.7. The Kier molecular flexibility index (Phi) is 3.62. The summed E-state index contributed by atoms with van der Waals surface area (Å²) >= 11 is 7.62. The molecule has 27 heavy (non-hydrogen) atoms. The van der Waals surface area contributed by atoms with Crippen molar-refractivity contribution in [1.29, 1.82) is 0 Å². The molecule has 0 aliphatic rings. The standard InChI is InChI=1S/C16H13ClN8OS/c1-24-13-9(5-20-25(16(13)26)7-11-10(17)6-19-23-11)14-15(24)21-12(27-14)4-8-2-3-18-22-8/h2-3,5-6H,4,7H2,1H3,(H,18,22)(H,19,23). The van der Waals surface area contributed by atoms with E-state index in [0.717, 1.165) is 26.4 Å². The van der Waals surface area contributed by atoms with Crippen molar-refractivity contribution in [3.05, 3.63) is 56.4 Å². The molecule has 0 atom stereocenters. The molecule has 0 radical (unpaired) electrons. The molecule has 5 aromatic heterocycles. The van der Waals surface area contributed by atoms with Gasteiger partial charge in [0.15, 0.2) is 5.65 Å². The highest BCUT2D eigenvalue weighted by molar-refractivity contribution is 7.19. The van der Waals surface area contributed by atoms with Crippen LogP contribution in [0.3, 0.4) is 0 Å². The summed E-state index contributed by atoms with van der Waals surface area (Å²) in [6, 6.07) is 1.92. The Morgan fingerprint density at radius 1 is 1.26 bits per heavy atom. The van der Waals surface area contributed by atoms with E-state index in [4.69, 9.17) is 16.6 Å². The number of H-pyrrole nitrogens is 2. The van der Waals surface area contributed by atoms with E-state index in [0.29, 0.717) is 22.7 Å². The van der Waals surface area contributed by atoms with Crippen LogP contribution in [0.2, 0.25) is 5.02 Å². The maximum Gasteiger partial charge on any atom is 0.291 e. The smallest absolute Gasteiger partial charge is 0.291 e. The monoisotopic (exact) mass is 400 g/mol. The fourth-order valence-electron chi connectivity index (χ4n) is 3.13. The predicted molar refractivity (Wildman–Crippen MR) is 102 cm³/mol. The van der Waals surface area contributed by atoms with Gasteiger partial charge in [0.2, 0.25) is 0 Å². The maximum absolute atomic E-state index is 13.0. The summed E-state index contributed by atoms with van der Waals surface area (Å²) in [7, 11) is 1.85. The van der Waals surface area contributed by atoms with E-state index in [1.807, 2.05) is 17.7 Å². The number of aromatic nitrogens is 8. The first-order valence-electron chi connectivity index (χ1n) is 8.11. The van der Waals surface area contributed by atoms with E-state index in [1.165, 1.54) is 10.9 Å². The number of aromatic amines is 2. The molecule has 0 fully saturated rings. The molecule has 5 aromatic rings. The molecule has 0 bridgehead atoms. The van der Waals surface area contributed by atoms with Gasteiger partial charge in [0, 0.05) is 30.7 Å². The lowest BCUT2D eigenvalue weighted by Gasteiger charge is -2.04. The second-order valence-electron chi connectivity index (χ2n) is 6.14. The van der Waals surface area contributed by atoms with E-state index >= 15 is 0 Å². The minimum absolute atomic E-state index is 0.194. The summed E-state index contributed by atoms with van der Waals surface area (Å²) < 4.78 is 4.15. The number of thiazole rings is 1. The van der Waals surface area contributed by atoms with Gasteiger partial charge < -0.3 is 4.57 Å². The molecular weight excluding hydrogens is 388 g/mol. The zero-order valence-corrected chi connectivity index (χ0v) is 15.7. The molecule has 5 heterocycles. The minimum Gasteiger partial charge on any atom is -0.323 e. The highest BCUT2D eigenvalue weighted by Gasteiger charge is 2.19.